The van der Waals surface area contributed by atoms with Crippen LogP contribution >= 0.6 is 0 Å². The van der Waals surface area contributed by atoms with Crippen molar-refractivity contribution in [1.29, 1.82) is 0 Å². The summed E-state index contributed by atoms with van der Waals surface area (Å²) in [6, 6.07) is 10.1. The van der Waals surface area contributed by atoms with Crippen LogP contribution in [0.3, 0.4) is 0 Å². The van der Waals surface area contributed by atoms with Gasteiger partial charge < -0.3 is 20.1 Å². The van der Waals surface area contributed by atoms with Crippen molar-refractivity contribution >= 4 is 12.0 Å². The van der Waals surface area contributed by atoms with Gasteiger partial charge in [-0.15, -0.1) is 0 Å². The molecule has 0 spiro atoms. The molecular formula is C21H31N3O4. The molecule has 3 rings (SSSR count). The number of morpholine rings is 1. The summed E-state index contributed by atoms with van der Waals surface area (Å²) in [6.45, 7) is 1.94. The third-order valence-electron chi connectivity index (χ3n) is 5.64. The molecule has 154 valence electrons. The third-order valence-corrected chi connectivity index (χ3v) is 5.64. The molecule has 2 unspecified atom stereocenters. The number of nitrogens with one attached hydrogen (secondary N) is 1. The van der Waals surface area contributed by atoms with E-state index in [2.05, 4.69) is 17.4 Å². The smallest absolute Gasteiger partial charge is 0.318 e. The van der Waals surface area contributed by atoms with E-state index >= 15 is 0 Å². The van der Waals surface area contributed by atoms with Crippen molar-refractivity contribution in [2.45, 2.75) is 37.8 Å². The monoisotopic (exact) mass is 389 g/mol. The molecule has 1 aliphatic carbocycles. The molecule has 0 aromatic heterocycles. The first-order chi connectivity index (χ1) is 13.5. The second kappa shape index (κ2) is 9.89. The van der Waals surface area contributed by atoms with Crippen LogP contribution in [0.5, 0.6) is 0 Å². The predicted octanol–water partition coefficient (Wildman–Crippen LogP) is 2.34. The second-order valence-corrected chi connectivity index (χ2v) is 7.97. The third kappa shape index (κ3) is 5.94. The number of carboxylic acids is 1. The molecule has 1 aliphatic heterocycles. The van der Waals surface area contributed by atoms with E-state index in [1.165, 1.54) is 19.3 Å². The second-order valence-electron chi connectivity index (χ2n) is 7.97. The molecular weight excluding hydrogens is 358 g/mol. The van der Waals surface area contributed by atoms with Crippen LogP contribution in [0.15, 0.2) is 30.3 Å². The summed E-state index contributed by atoms with van der Waals surface area (Å²) in [5.74, 6) is -0.179. The number of nitrogens with zero attached hydrogens (tertiary/aromatic N) is 2. The van der Waals surface area contributed by atoms with E-state index in [1.54, 1.807) is 16.8 Å². The van der Waals surface area contributed by atoms with Crippen molar-refractivity contribution in [3.63, 3.8) is 0 Å². The normalized spacial score (nSPS) is 21.2. The predicted molar refractivity (Wildman–Crippen MR) is 106 cm³/mol. The molecule has 1 heterocycles. The number of likely N-dealkylation sites (N-methyl/N-ethyl adjacent to an activating group) is 1. The van der Waals surface area contributed by atoms with Gasteiger partial charge in [-0.05, 0) is 24.9 Å². The highest BCUT2D eigenvalue weighted by Gasteiger charge is 2.29. The maximum absolute atomic E-state index is 12.9. The van der Waals surface area contributed by atoms with Crippen LogP contribution in [0.25, 0.3) is 0 Å². The average Bonchev–Trinajstić information content (AvgIpc) is 2.63. The van der Waals surface area contributed by atoms with E-state index < -0.39 is 5.97 Å². The van der Waals surface area contributed by atoms with E-state index in [0.29, 0.717) is 32.2 Å². The van der Waals surface area contributed by atoms with Crippen molar-refractivity contribution in [2.75, 3.05) is 39.8 Å². The lowest BCUT2D eigenvalue weighted by molar-refractivity contribution is -0.138. The number of hydrogen-bond donors (Lipinski definition) is 2. The van der Waals surface area contributed by atoms with Crippen LogP contribution in [0.1, 0.15) is 37.3 Å². The van der Waals surface area contributed by atoms with Crippen molar-refractivity contribution in [2.24, 2.45) is 5.92 Å². The van der Waals surface area contributed by atoms with Gasteiger partial charge in [0.25, 0.3) is 0 Å². The first-order valence-electron chi connectivity index (χ1n) is 10.1. The highest BCUT2D eigenvalue weighted by molar-refractivity contribution is 5.75. The number of ether oxygens (including phenoxy) is 1. The molecule has 2 atom stereocenters. The summed E-state index contributed by atoms with van der Waals surface area (Å²) in [6.07, 6.45) is 4.58. The number of amides is 2. The van der Waals surface area contributed by atoms with Crippen LogP contribution in [-0.4, -0.2) is 72.8 Å². The van der Waals surface area contributed by atoms with E-state index in [4.69, 9.17) is 9.84 Å². The molecule has 2 fully saturated rings. The van der Waals surface area contributed by atoms with E-state index in [9.17, 15) is 9.59 Å². The summed E-state index contributed by atoms with van der Waals surface area (Å²) in [4.78, 5) is 27.3. The number of carboxylic acid groups (broad SMARTS) is 1. The minimum absolute atomic E-state index is 0.0231. The first-order valence-corrected chi connectivity index (χ1v) is 10.1. The number of carbonyl (C=O) groups excluding carboxylic acids is 1. The molecule has 2 aliphatic rings. The Balaban J connectivity index is 1.57. The Morgan fingerprint density at radius 2 is 2.07 bits per heavy atom. The van der Waals surface area contributed by atoms with Crippen LogP contribution in [0.2, 0.25) is 0 Å². The van der Waals surface area contributed by atoms with Crippen LogP contribution in [0, 0.1) is 5.92 Å². The fourth-order valence-corrected chi connectivity index (χ4v) is 3.92. The molecule has 7 heteroatoms. The largest absolute Gasteiger partial charge is 0.480 e. The quantitative estimate of drug-likeness (QED) is 0.713. The number of urea groups is 1. The average molecular weight is 389 g/mol. The fraction of sp³-hybridized carbons (Fsp3) is 0.619. The van der Waals surface area contributed by atoms with Crippen molar-refractivity contribution < 1.29 is 19.4 Å². The van der Waals surface area contributed by atoms with Gasteiger partial charge in [-0.2, -0.15) is 0 Å². The Labute approximate surface area is 166 Å². The Hall–Kier alpha value is -2.12. The first kappa shape index (κ1) is 20.6. The topological polar surface area (TPSA) is 82.1 Å². The zero-order valence-corrected chi connectivity index (χ0v) is 16.5. The fourth-order valence-electron chi connectivity index (χ4n) is 3.92. The summed E-state index contributed by atoms with van der Waals surface area (Å²) in [5, 5.41) is 12.1. The van der Waals surface area contributed by atoms with Crippen molar-refractivity contribution in [3.05, 3.63) is 35.9 Å². The Morgan fingerprint density at radius 1 is 1.32 bits per heavy atom. The number of hydrogen-bond acceptors (Lipinski definition) is 4. The minimum atomic E-state index is -0.866. The Morgan fingerprint density at radius 3 is 2.71 bits per heavy atom. The van der Waals surface area contributed by atoms with Crippen molar-refractivity contribution in [1.82, 2.24) is 15.1 Å². The molecule has 0 radical (unpaired) electrons. The highest BCUT2D eigenvalue weighted by Crippen LogP contribution is 2.34. The number of aliphatic carboxylic acids is 1. The van der Waals surface area contributed by atoms with Gasteiger partial charge in [0.15, 0.2) is 0 Å². The lowest BCUT2D eigenvalue weighted by atomic mass is 9.79. The van der Waals surface area contributed by atoms with Gasteiger partial charge in [0, 0.05) is 19.6 Å². The standard InChI is InChI=1S/C21H31N3O4/c1-23(15-20(25)26)13-18-14-24(10-11-28-18)21(27)22-19(12-16-6-5-7-16)17-8-3-2-4-9-17/h2-4,8-9,16,18-19H,5-7,10-15H2,1H3,(H,22,27)(H,25,26). The lowest BCUT2D eigenvalue weighted by Crippen LogP contribution is -2.53. The van der Waals surface area contributed by atoms with E-state index in [-0.39, 0.29) is 24.7 Å². The Bertz CT molecular complexity index is 650. The molecule has 28 heavy (non-hydrogen) atoms. The zero-order chi connectivity index (χ0) is 19.9. The summed E-state index contributed by atoms with van der Waals surface area (Å²) >= 11 is 0. The molecule has 2 N–H and O–H groups in total. The number of rotatable bonds is 8. The van der Waals surface area contributed by atoms with Gasteiger partial charge >= 0.3 is 12.0 Å². The van der Waals surface area contributed by atoms with Crippen LogP contribution in [-0.2, 0) is 9.53 Å². The molecule has 1 saturated heterocycles. The lowest BCUT2D eigenvalue weighted by Gasteiger charge is -2.36. The van der Waals surface area contributed by atoms with Gasteiger partial charge in [0.1, 0.15) is 0 Å². The van der Waals surface area contributed by atoms with Crippen LogP contribution in [0.4, 0.5) is 4.79 Å². The summed E-state index contributed by atoms with van der Waals surface area (Å²) in [7, 11) is 1.75. The Kier molecular flexibility index (Phi) is 7.28. The van der Waals surface area contributed by atoms with Gasteiger partial charge in [0.2, 0.25) is 0 Å². The van der Waals surface area contributed by atoms with Gasteiger partial charge in [-0.3, -0.25) is 9.69 Å². The highest BCUT2D eigenvalue weighted by atomic mass is 16.5. The SMILES string of the molecule is CN(CC(=O)O)CC1CN(C(=O)NC(CC2CCC2)c2ccccc2)CCO1. The van der Waals surface area contributed by atoms with Crippen LogP contribution < -0.4 is 5.32 Å². The zero-order valence-electron chi connectivity index (χ0n) is 16.5. The minimum Gasteiger partial charge on any atom is -0.480 e. The molecule has 1 saturated carbocycles. The van der Waals surface area contributed by atoms with E-state index in [1.807, 2.05) is 18.2 Å². The molecule has 2 amide bonds. The molecule has 7 nitrogen and oxygen atoms in total. The van der Waals surface area contributed by atoms with Gasteiger partial charge in [0.05, 0.1) is 25.3 Å². The number of carbonyl (C=O) groups is 2. The van der Waals surface area contributed by atoms with Gasteiger partial charge in [-0.1, -0.05) is 49.6 Å². The van der Waals surface area contributed by atoms with Crippen molar-refractivity contribution in [3.8, 4) is 0 Å². The van der Waals surface area contributed by atoms with Gasteiger partial charge in [-0.25, -0.2) is 4.79 Å². The molecule has 1 aromatic carbocycles. The maximum Gasteiger partial charge on any atom is 0.318 e. The summed E-state index contributed by atoms with van der Waals surface area (Å²) < 4.78 is 5.74. The maximum atomic E-state index is 12.9. The van der Waals surface area contributed by atoms with E-state index in [0.717, 1.165) is 12.0 Å². The number of benzene rings is 1. The molecule has 1 aromatic rings. The molecule has 0 bridgehead atoms. The summed E-state index contributed by atoms with van der Waals surface area (Å²) in [5.41, 5.74) is 1.15.